The van der Waals surface area contributed by atoms with Crippen molar-refractivity contribution in [3.05, 3.63) is 0 Å². The summed E-state index contributed by atoms with van der Waals surface area (Å²) in [6.07, 6.45) is 5.08. The summed E-state index contributed by atoms with van der Waals surface area (Å²) in [6.45, 7) is 6.61. The predicted molar refractivity (Wildman–Crippen MR) is 53.1 cm³/mol. The van der Waals surface area contributed by atoms with Crippen LogP contribution in [0.25, 0.3) is 0 Å². The molecule has 0 saturated heterocycles. The van der Waals surface area contributed by atoms with E-state index in [2.05, 4.69) is 26.1 Å². The van der Waals surface area contributed by atoms with E-state index in [4.69, 9.17) is 5.73 Å². The second kappa shape index (κ2) is 3.75. The Morgan fingerprint density at radius 2 is 1.75 bits per heavy atom. The summed E-state index contributed by atoms with van der Waals surface area (Å²) in [4.78, 5) is 0. The fourth-order valence-corrected chi connectivity index (χ4v) is 1.89. The van der Waals surface area contributed by atoms with Crippen molar-refractivity contribution in [2.24, 2.45) is 5.73 Å². The van der Waals surface area contributed by atoms with Gasteiger partial charge in [0.2, 0.25) is 0 Å². The van der Waals surface area contributed by atoms with Crippen LogP contribution in [0, 0.1) is 0 Å². The van der Waals surface area contributed by atoms with Crippen LogP contribution < -0.4 is 11.1 Å². The number of rotatable bonds is 1. The van der Waals surface area contributed by atoms with Gasteiger partial charge in [0.1, 0.15) is 0 Å². The molecule has 0 heterocycles. The van der Waals surface area contributed by atoms with E-state index in [1.165, 1.54) is 25.7 Å². The Morgan fingerprint density at radius 1 is 1.17 bits per heavy atom. The SMILES string of the molecule is CC(C)(C)N[C@@H]1CCCC[C@H]1N. The predicted octanol–water partition coefficient (Wildman–Crippen LogP) is 1.64. The van der Waals surface area contributed by atoms with Crippen LogP contribution in [0.4, 0.5) is 0 Å². The number of hydrogen-bond acceptors (Lipinski definition) is 2. The van der Waals surface area contributed by atoms with E-state index in [0.29, 0.717) is 12.1 Å². The molecule has 0 bridgehead atoms. The Hall–Kier alpha value is -0.0800. The molecule has 1 fully saturated rings. The van der Waals surface area contributed by atoms with Gasteiger partial charge in [-0.15, -0.1) is 0 Å². The molecule has 0 spiro atoms. The number of hydrogen-bond donors (Lipinski definition) is 2. The molecule has 12 heavy (non-hydrogen) atoms. The highest BCUT2D eigenvalue weighted by atomic mass is 15.0. The lowest BCUT2D eigenvalue weighted by Gasteiger charge is -2.35. The van der Waals surface area contributed by atoms with Crippen molar-refractivity contribution < 1.29 is 0 Å². The maximum Gasteiger partial charge on any atom is 0.0223 e. The smallest absolute Gasteiger partial charge is 0.0223 e. The fraction of sp³-hybridized carbons (Fsp3) is 1.00. The molecule has 0 amide bonds. The van der Waals surface area contributed by atoms with E-state index >= 15 is 0 Å². The molecular formula is C10H22N2. The van der Waals surface area contributed by atoms with E-state index in [9.17, 15) is 0 Å². The van der Waals surface area contributed by atoms with E-state index in [1.54, 1.807) is 0 Å². The molecule has 3 N–H and O–H groups in total. The minimum absolute atomic E-state index is 0.208. The van der Waals surface area contributed by atoms with Gasteiger partial charge in [0.25, 0.3) is 0 Å². The highest BCUT2D eigenvalue weighted by Gasteiger charge is 2.24. The highest BCUT2D eigenvalue weighted by molar-refractivity contribution is 4.87. The molecule has 1 aliphatic rings. The van der Waals surface area contributed by atoms with Crippen LogP contribution in [0.3, 0.4) is 0 Å². The van der Waals surface area contributed by atoms with Crippen LogP contribution in [0.15, 0.2) is 0 Å². The Bertz CT molecular complexity index is 137. The second-order valence-corrected chi connectivity index (χ2v) is 4.95. The van der Waals surface area contributed by atoms with Gasteiger partial charge in [-0.25, -0.2) is 0 Å². The van der Waals surface area contributed by atoms with Crippen molar-refractivity contribution >= 4 is 0 Å². The first-order chi connectivity index (χ1) is 5.49. The molecule has 1 rings (SSSR count). The van der Waals surface area contributed by atoms with Gasteiger partial charge in [-0.1, -0.05) is 12.8 Å². The first kappa shape index (κ1) is 10.0. The Kier molecular flexibility index (Phi) is 3.13. The molecule has 1 saturated carbocycles. The zero-order chi connectivity index (χ0) is 9.19. The fourth-order valence-electron chi connectivity index (χ4n) is 1.89. The molecular weight excluding hydrogens is 148 g/mol. The van der Waals surface area contributed by atoms with Crippen LogP contribution in [-0.2, 0) is 0 Å². The first-order valence-electron chi connectivity index (χ1n) is 5.02. The third kappa shape index (κ3) is 3.11. The summed E-state index contributed by atoms with van der Waals surface area (Å²) in [5.41, 5.74) is 6.23. The van der Waals surface area contributed by atoms with Crippen LogP contribution in [0.2, 0.25) is 0 Å². The zero-order valence-electron chi connectivity index (χ0n) is 8.56. The van der Waals surface area contributed by atoms with Gasteiger partial charge < -0.3 is 11.1 Å². The van der Waals surface area contributed by atoms with Crippen molar-refractivity contribution in [1.29, 1.82) is 0 Å². The lowest BCUT2D eigenvalue weighted by Crippen LogP contribution is -2.53. The summed E-state index contributed by atoms with van der Waals surface area (Å²) in [5, 5.41) is 3.58. The third-order valence-corrected chi connectivity index (χ3v) is 2.44. The van der Waals surface area contributed by atoms with Crippen LogP contribution in [-0.4, -0.2) is 17.6 Å². The van der Waals surface area contributed by atoms with Crippen LogP contribution >= 0.6 is 0 Å². The summed E-state index contributed by atoms with van der Waals surface area (Å²) in [7, 11) is 0. The molecule has 2 heteroatoms. The normalized spacial score (nSPS) is 32.0. The lowest BCUT2D eigenvalue weighted by atomic mass is 9.89. The van der Waals surface area contributed by atoms with Gasteiger partial charge in [-0.3, -0.25) is 0 Å². The summed E-state index contributed by atoms with van der Waals surface area (Å²) in [5.74, 6) is 0. The Balaban J connectivity index is 2.39. The molecule has 0 aromatic heterocycles. The molecule has 2 atom stereocenters. The molecule has 0 aromatic rings. The van der Waals surface area contributed by atoms with E-state index < -0.39 is 0 Å². The zero-order valence-corrected chi connectivity index (χ0v) is 8.56. The van der Waals surface area contributed by atoms with E-state index in [1.807, 2.05) is 0 Å². The van der Waals surface area contributed by atoms with Gasteiger partial charge in [0.15, 0.2) is 0 Å². The maximum atomic E-state index is 6.02. The topological polar surface area (TPSA) is 38.0 Å². The monoisotopic (exact) mass is 170 g/mol. The minimum Gasteiger partial charge on any atom is -0.326 e. The maximum absolute atomic E-state index is 6.02. The molecule has 1 aliphatic carbocycles. The van der Waals surface area contributed by atoms with E-state index in [0.717, 1.165) is 0 Å². The summed E-state index contributed by atoms with van der Waals surface area (Å²) >= 11 is 0. The Labute approximate surface area is 75.9 Å². The lowest BCUT2D eigenvalue weighted by molar-refractivity contribution is 0.266. The quantitative estimate of drug-likeness (QED) is 0.628. The second-order valence-electron chi connectivity index (χ2n) is 4.95. The standard InChI is InChI=1S/C10H22N2/c1-10(2,3)12-9-7-5-4-6-8(9)11/h8-9,12H,4-7,11H2,1-3H3/t8-,9-/m1/s1. The van der Waals surface area contributed by atoms with Gasteiger partial charge >= 0.3 is 0 Å². The molecule has 0 unspecified atom stereocenters. The highest BCUT2D eigenvalue weighted by Crippen LogP contribution is 2.18. The van der Waals surface area contributed by atoms with Crippen molar-refractivity contribution in [3.8, 4) is 0 Å². The van der Waals surface area contributed by atoms with E-state index in [-0.39, 0.29) is 5.54 Å². The number of nitrogens with one attached hydrogen (secondary N) is 1. The molecule has 0 radical (unpaired) electrons. The van der Waals surface area contributed by atoms with Crippen molar-refractivity contribution in [1.82, 2.24) is 5.32 Å². The average molecular weight is 170 g/mol. The van der Waals surface area contributed by atoms with Crippen molar-refractivity contribution in [3.63, 3.8) is 0 Å². The van der Waals surface area contributed by atoms with Crippen molar-refractivity contribution in [2.45, 2.75) is 64.1 Å². The largest absolute Gasteiger partial charge is 0.326 e. The molecule has 0 aromatic carbocycles. The summed E-state index contributed by atoms with van der Waals surface area (Å²) < 4.78 is 0. The van der Waals surface area contributed by atoms with Gasteiger partial charge in [-0.05, 0) is 33.6 Å². The number of nitrogens with two attached hydrogens (primary N) is 1. The van der Waals surface area contributed by atoms with Crippen LogP contribution in [0.1, 0.15) is 46.5 Å². The molecule has 0 aliphatic heterocycles. The molecule has 2 nitrogen and oxygen atoms in total. The van der Waals surface area contributed by atoms with Gasteiger partial charge in [0, 0.05) is 17.6 Å². The average Bonchev–Trinajstić information content (AvgIpc) is 1.91. The van der Waals surface area contributed by atoms with Gasteiger partial charge in [0.05, 0.1) is 0 Å². The minimum atomic E-state index is 0.208. The van der Waals surface area contributed by atoms with Crippen molar-refractivity contribution in [2.75, 3.05) is 0 Å². The van der Waals surface area contributed by atoms with Crippen LogP contribution in [0.5, 0.6) is 0 Å². The van der Waals surface area contributed by atoms with Gasteiger partial charge in [-0.2, -0.15) is 0 Å². The summed E-state index contributed by atoms with van der Waals surface area (Å²) in [6, 6.07) is 0.914. The molecule has 72 valence electrons. The Morgan fingerprint density at radius 3 is 2.25 bits per heavy atom. The third-order valence-electron chi connectivity index (χ3n) is 2.44. The first-order valence-corrected chi connectivity index (χ1v) is 5.02.